The molecule has 0 saturated carbocycles. The second kappa shape index (κ2) is 6.74. The average molecular weight is 239 g/mol. The predicted octanol–water partition coefficient (Wildman–Crippen LogP) is 3.04. The van der Waals surface area contributed by atoms with E-state index in [1.165, 1.54) is 11.5 Å². The number of thioether (sulfide) groups is 1. The largest absolute Gasteiger partial charge is 0.366 e. The lowest BCUT2D eigenvalue weighted by atomic mass is 10.2. The first-order valence-electron chi connectivity index (χ1n) is 5.78. The molecule has 1 atom stereocenters. The second-order valence-electron chi connectivity index (χ2n) is 3.98. The number of hydrogen-bond donors (Lipinski definition) is 1. The van der Waals surface area contributed by atoms with E-state index in [4.69, 9.17) is 0 Å². The standard InChI is InChI=1S/C12H21N3S/c1-5-16-7-6-9(2)14-12-11(4)13-8-10(3)15-12/h8-9H,5-7H2,1-4H3,(H,14,15). The molecule has 0 aromatic carbocycles. The van der Waals surface area contributed by atoms with E-state index >= 15 is 0 Å². The molecule has 0 saturated heterocycles. The zero-order chi connectivity index (χ0) is 12.0. The van der Waals surface area contributed by atoms with Crippen LogP contribution < -0.4 is 5.32 Å². The molecule has 1 N–H and O–H groups in total. The minimum atomic E-state index is 0.453. The lowest BCUT2D eigenvalue weighted by Crippen LogP contribution is -2.18. The molecule has 1 aromatic rings. The molecule has 90 valence electrons. The van der Waals surface area contributed by atoms with E-state index in [0.29, 0.717) is 6.04 Å². The lowest BCUT2D eigenvalue weighted by molar-refractivity contribution is 0.762. The fraction of sp³-hybridized carbons (Fsp3) is 0.667. The van der Waals surface area contributed by atoms with E-state index in [1.54, 1.807) is 6.20 Å². The summed E-state index contributed by atoms with van der Waals surface area (Å²) < 4.78 is 0. The first kappa shape index (κ1) is 13.3. The van der Waals surface area contributed by atoms with Crippen molar-refractivity contribution in [2.45, 2.75) is 40.2 Å². The Morgan fingerprint density at radius 2 is 2.19 bits per heavy atom. The smallest absolute Gasteiger partial charge is 0.147 e. The third-order valence-corrected chi connectivity index (χ3v) is 3.29. The highest BCUT2D eigenvalue weighted by molar-refractivity contribution is 7.99. The predicted molar refractivity (Wildman–Crippen MR) is 72.2 cm³/mol. The Balaban J connectivity index is 2.48. The van der Waals surface area contributed by atoms with E-state index in [9.17, 15) is 0 Å². The Morgan fingerprint density at radius 1 is 1.44 bits per heavy atom. The number of aryl methyl sites for hydroxylation is 2. The second-order valence-corrected chi connectivity index (χ2v) is 5.37. The van der Waals surface area contributed by atoms with Gasteiger partial charge in [0.15, 0.2) is 0 Å². The molecule has 0 amide bonds. The average Bonchev–Trinajstić information content (AvgIpc) is 2.24. The SMILES string of the molecule is CCSCCC(C)Nc1nc(C)cnc1C. The van der Waals surface area contributed by atoms with Crippen molar-refractivity contribution in [2.24, 2.45) is 0 Å². The van der Waals surface area contributed by atoms with Crippen LogP contribution in [0.15, 0.2) is 6.20 Å². The van der Waals surface area contributed by atoms with E-state index in [-0.39, 0.29) is 0 Å². The van der Waals surface area contributed by atoms with Crippen molar-refractivity contribution in [2.75, 3.05) is 16.8 Å². The van der Waals surface area contributed by atoms with Crippen LogP contribution in [0.25, 0.3) is 0 Å². The van der Waals surface area contributed by atoms with E-state index in [0.717, 1.165) is 23.6 Å². The van der Waals surface area contributed by atoms with Crippen LogP contribution in [-0.2, 0) is 0 Å². The normalized spacial score (nSPS) is 12.5. The van der Waals surface area contributed by atoms with Crippen LogP contribution in [0.5, 0.6) is 0 Å². The first-order valence-corrected chi connectivity index (χ1v) is 6.93. The number of aromatic nitrogens is 2. The number of nitrogens with one attached hydrogen (secondary N) is 1. The number of nitrogens with zero attached hydrogens (tertiary/aromatic N) is 2. The number of anilines is 1. The van der Waals surface area contributed by atoms with Crippen molar-refractivity contribution in [1.29, 1.82) is 0 Å². The van der Waals surface area contributed by atoms with Gasteiger partial charge >= 0.3 is 0 Å². The van der Waals surface area contributed by atoms with Crippen LogP contribution in [0.2, 0.25) is 0 Å². The van der Waals surface area contributed by atoms with Gasteiger partial charge in [0.1, 0.15) is 5.82 Å². The van der Waals surface area contributed by atoms with E-state index < -0.39 is 0 Å². The molecule has 0 aliphatic rings. The third-order valence-electron chi connectivity index (χ3n) is 2.36. The van der Waals surface area contributed by atoms with Gasteiger partial charge in [0.05, 0.1) is 11.4 Å². The Hall–Kier alpha value is -0.770. The maximum Gasteiger partial charge on any atom is 0.147 e. The van der Waals surface area contributed by atoms with Gasteiger partial charge in [0, 0.05) is 12.2 Å². The van der Waals surface area contributed by atoms with E-state index in [1.807, 2.05) is 25.6 Å². The van der Waals surface area contributed by atoms with Crippen LogP contribution in [0.1, 0.15) is 31.7 Å². The molecule has 1 rings (SSSR count). The summed E-state index contributed by atoms with van der Waals surface area (Å²) in [6.45, 7) is 8.34. The maximum absolute atomic E-state index is 4.46. The van der Waals surface area contributed by atoms with Gasteiger partial charge in [0.25, 0.3) is 0 Å². The van der Waals surface area contributed by atoms with Crippen molar-refractivity contribution < 1.29 is 0 Å². The summed E-state index contributed by atoms with van der Waals surface area (Å²) in [5.74, 6) is 3.31. The van der Waals surface area contributed by atoms with Crippen LogP contribution in [0.3, 0.4) is 0 Å². The highest BCUT2D eigenvalue weighted by Gasteiger charge is 2.06. The van der Waals surface area contributed by atoms with Gasteiger partial charge in [0.2, 0.25) is 0 Å². The number of rotatable bonds is 6. The molecule has 0 fully saturated rings. The van der Waals surface area contributed by atoms with Crippen molar-refractivity contribution in [3.63, 3.8) is 0 Å². The van der Waals surface area contributed by atoms with Crippen LogP contribution in [-0.4, -0.2) is 27.5 Å². The Labute approximate surface area is 102 Å². The van der Waals surface area contributed by atoms with Gasteiger partial charge in [-0.05, 0) is 38.7 Å². The summed E-state index contributed by atoms with van der Waals surface area (Å²) in [7, 11) is 0. The number of hydrogen-bond acceptors (Lipinski definition) is 4. The highest BCUT2D eigenvalue weighted by atomic mass is 32.2. The summed E-state index contributed by atoms with van der Waals surface area (Å²) >= 11 is 1.98. The summed E-state index contributed by atoms with van der Waals surface area (Å²) in [6.07, 6.45) is 2.96. The lowest BCUT2D eigenvalue weighted by Gasteiger charge is -2.15. The molecule has 0 radical (unpaired) electrons. The molecule has 1 aromatic heterocycles. The van der Waals surface area contributed by atoms with Crippen LogP contribution in [0.4, 0.5) is 5.82 Å². The zero-order valence-electron chi connectivity index (χ0n) is 10.6. The molecule has 0 bridgehead atoms. The minimum absolute atomic E-state index is 0.453. The molecule has 0 aliphatic carbocycles. The van der Waals surface area contributed by atoms with Gasteiger partial charge in [-0.1, -0.05) is 6.92 Å². The van der Waals surface area contributed by atoms with Gasteiger partial charge in [-0.15, -0.1) is 0 Å². The van der Waals surface area contributed by atoms with Gasteiger partial charge in [-0.3, -0.25) is 4.98 Å². The summed E-state index contributed by atoms with van der Waals surface area (Å²) in [5.41, 5.74) is 1.93. The highest BCUT2D eigenvalue weighted by Crippen LogP contribution is 2.12. The fourth-order valence-corrected chi connectivity index (χ4v) is 2.19. The van der Waals surface area contributed by atoms with Gasteiger partial charge < -0.3 is 5.32 Å². The molecule has 16 heavy (non-hydrogen) atoms. The molecule has 1 heterocycles. The molecule has 1 unspecified atom stereocenters. The monoisotopic (exact) mass is 239 g/mol. The zero-order valence-corrected chi connectivity index (χ0v) is 11.4. The molecule has 4 heteroatoms. The van der Waals surface area contributed by atoms with E-state index in [2.05, 4.69) is 29.1 Å². The van der Waals surface area contributed by atoms with Crippen molar-refractivity contribution >= 4 is 17.6 Å². The third kappa shape index (κ3) is 4.39. The Kier molecular flexibility index (Phi) is 5.60. The fourth-order valence-electron chi connectivity index (χ4n) is 1.38. The topological polar surface area (TPSA) is 37.8 Å². The van der Waals surface area contributed by atoms with Crippen LogP contribution in [0, 0.1) is 13.8 Å². The van der Waals surface area contributed by atoms with Gasteiger partial charge in [-0.25, -0.2) is 4.98 Å². The summed E-state index contributed by atoms with van der Waals surface area (Å²) in [4.78, 5) is 8.76. The molecule has 0 aliphatic heterocycles. The van der Waals surface area contributed by atoms with Crippen molar-refractivity contribution in [1.82, 2.24) is 9.97 Å². The first-order chi connectivity index (χ1) is 7.63. The Bertz CT molecular complexity index is 328. The molecule has 0 spiro atoms. The molecular weight excluding hydrogens is 218 g/mol. The summed E-state index contributed by atoms with van der Waals surface area (Å²) in [6, 6.07) is 0.453. The summed E-state index contributed by atoms with van der Waals surface area (Å²) in [5, 5.41) is 3.42. The Morgan fingerprint density at radius 3 is 2.88 bits per heavy atom. The molecule has 3 nitrogen and oxygen atoms in total. The van der Waals surface area contributed by atoms with Crippen molar-refractivity contribution in [3.8, 4) is 0 Å². The van der Waals surface area contributed by atoms with Crippen molar-refractivity contribution in [3.05, 3.63) is 17.6 Å². The quantitative estimate of drug-likeness (QED) is 0.774. The minimum Gasteiger partial charge on any atom is -0.366 e. The molecular formula is C12H21N3S. The van der Waals surface area contributed by atoms with Gasteiger partial charge in [-0.2, -0.15) is 11.8 Å². The van der Waals surface area contributed by atoms with Crippen LogP contribution >= 0.6 is 11.8 Å². The maximum atomic E-state index is 4.46.